The molecule has 1 fully saturated rings. The van der Waals surface area contributed by atoms with Gasteiger partial charge >= 0.3 is 6.18 Å². The molecule has 39 heavy (non-hydrogen) atoms. The highest BCUT2D eigenvalue weighted by atomic mass is 32.1. The van der Waals surface area contributed by atoms with Crippen molar-refractivity contribution in [1.82, 2.24) is 24.8 Å². The molecule has 0 unspecified atom stereocenters. The van der Waals surface area contributed by atoms with Crippen molar-refractivity contribution in [2.75, 3.05) is 11.9 Å². The zero-order valence-corrected chi connectivity index (χ0v) is 22.0. The Labute approximate surface area is 227 Å². The number of hydrogen-bond acceptors (Lipinski definition) is 7. The standard InChI is InChI=1S/C28H27F3N6OS/c1-36(26-21-12-20(13-28(29,30)31)39-27(21)34-15-33-26)24-10-18(11-25(24)38)32-14-17-6-8-19(9-7-17)37-16-35-22-4-2-3-5-23(22)37/h2-9,12,15-16,18,24-25,32,38H,10-11,13-14H2,1H3/t18-,24+,25-/m1/s1. The zero-order valence-electron chi connectivity index (χ0n) is 21.1. The molecule has 3 aromatic heterocycles. The molecule has 0 spiro atoms. The van der Waals surface area contributed by atoms with Crippen LogP contribution < -0.4 is 10.2 Å². The first-order chi connectivity index (χ1) is 18.7. The van der Waals surface area contributed by atoms with Crippen LogP contribution in [0.1, 0.15) is 23.3 Å². The van der Waals surface area contributed by atoms with Crippen molar-refractivity contribution in [2.24, 2.45) is 0 Å². The third-order valence-electron chi connectivity index (χ3n) is 7.32. The number of hydrogen-bond donors (Lipinski definition) is 2. The lowest BCUT2D eigenvalue weighted by atomic mass is 10.1. The van der Waals surface area contributed by atoms with Crippen LogP contribution in [-0.4, -0.2) is 56.0 Å². The fourth-order valence-electron chi connectivity index (χ4n) is 5.39. The van der Waals surface area contributed by atoms with Gasteiger partial charge in [-0.1, -0.05) is 24.3 Å². The molecule has 6 rings (SSSR count). The number of benzene rings is 2. The Morgan fingerprint density at radius 3 is 2.67 bits per heavy atom. The van der Waals surface area contributed by atoms with Gasteiger partial charge in [0.25, 0.3) is 0 Å². The van der Waals surface area contributed by atoms with Crippen molar-refractivity contribution < 1.29 is 18.3 Å². The van der Waals surface area contributed by atoms with Crippen molar-refractivity contribution >= 4 is 38.4 Å². The number of aliphatic hydroxyl groups is 1. The fourth-order valence-corrected chi connectivity index (χ4v) is 6.41. The number of aliphatic hydroxyl groups excluding tert-OH is 1. The molecular weight excluding hydrogens is 525 g/mol. The third-order valence-corrected chi connectivity index (χ3v) is 8.37. The summed E-state index contributed by atoms with van der Waals surface area (Å²) in [5, 5.41) is 15.0. The number of imidazole rings is 1. The Hall–Kier alpha value is -3.54. The van der Waals surface area contributed by atoms with Gasteiger partial charge in [-0.2, -0.15) is 13.2 Å². The second-order valence-corrected chi connectivity index (χ2v) is 11.1. The number of para-hydroxylation sites is 2. The predicted octanol–water partition coefficient (Wildman–Crippen LogP) is 5.25. The molecule has 7 nitrogen and oxygen atoms in total. The molecule has 3 heterocycles. The molecule has 0 radical (unpaired) electrons. The SMILES string of the molecule is CN(c1ncnc2sc(CC(F)(F)F)cc12)[C@H]1C[C@@H](NCc2ccc(-n3cnc4ccccc43)cc2)C[C@H]1O. The first kappa shape index (κ1) is 25.7. The lowest BCUT2D eigenvalue weighted by Crippen LogP contribution is -2.38. The van der Waals surface area contributed by atoms with E-state index < -0.39 is 18.7 Å². The summed E-state index contributed by atoms with van der Waals surface area (Å²) in [6.45, 7) is 0.655. The van der Waals surface area contributed by atoms with E-state index in [2.05, 4.69) is 49.1 Å². The maximum Gasteiger partial charge on any atom is 0.393 e. The molecule has 2 aromatic carbocycles. The quantitative estimate of drug-likeness (QED) is 0.287. The highest BCUT2D eigenvalue weighted by Gasteiger charge is 2.37. The second kappa shape index (κ2) is 10.2. The molecule has 11 heteroatoms. The normalized spacial score (nSPS) is 19.8. The van der Waals surface area contributed by atoms with E-state index in [1.54, 1.807) is 0 Å². The Bertz CT molecular complexity index is 1600. The number of aromatic nitrogens is 4. The maximum absolute atomic E-state index is 12.9. The monoisotopic (exact) mass is 552 g/mol. The van der Waals surface area contributed by atoms with Crippen molar-refractivity contribution in [3.05, 3.63) is 77.7 Å². The molecule has 1 saturated carbocycles. The average Bonchev–Trinajstić information content (AvgIpc) is 3.62. The van der Waals surface area contributed by atoms with Gasteiger partial charge in [0.15, 0.2) is 0 Å². The average molecular weight is 553 g/mol. The van der Waals surface area contributed by atoms with Gasteiger partial charge < -0.3 is 15.3 Å². The Morgan fingerprint density at radius 1 is 1.08 bits per heavy atom. The van der Waals surface area contributed by atoms with Crippen molar-refractivity contribution in [1.29, 1.82) is 0 Å². The third kappa shape index (κ3) is 5.34. The van der Waals surface area contributed by atoms with E-state index in [1.165, 1.54) is 12.4 Å². The summed E-state index contributed by atoms with van der Waals surface area (Å²) in [7, 11) is 1.83. The van der Waals surface area contributed by atoms with Crippen LogP contribution in [0.15, 0.2) is 67.3 Å². The molecule has 202 valence electrons. The van der Waals surface area contributed by atoms with Crippen LogP contribution in [0.5, 0.6) is 0 Å². The molecular formula is C28H27F3N6OS. The highest BCUT2D eigenvalue weighted by molar-refractivity contribution is 7.18. The minimum Gasteiger partial charge on any atom is -0.391 e. The van der Waals surface area contributed by atoms with Crippen LogP contribution in [0.25, 0.3) is 26.9 Å². The van der Waals surface area contributed by atoms with Crippen LogP contribution in [0, 0.1) is 0 Å². The Morgan fingerprint density at radius 2 is 1.87 bits per heavy atom. The number of fused-ring (bicyclic) bond motifs is 2. The van der Waals surface area contributed by atoms with Gasteiger partial charge in [0.1, 0.15) is 23.3 Å². The van der Waals surface area contributed by atoms with Crippen molar-refractivity contribution in [3.63, 3.8) is 0 Å². The molecule has 5 aromatic rings. The fraction of sp³-hybridized carbons (Fsp3) is 0.321. The van der Waals surface area contributed by atoms with E-state index in [4.69, 9.17) is 0 Å². The van der Waals surface area contributed by atoms with Crippen LogP contribution in [0.3, 0.4) is 0 Å². The molecule has 0 aliphatic heterocycles. The number of thiophene rings is 1. The first-order valence-corrected chi connectivity index (χ1v) is 13.5. The van der Waals surface area contributed by atoms with Crippen LogP contribution in [-0.2, 0) is 13.0 Å². The summed E-state index contributed by atoms with van der Waals surface area (Å²) < 4.78 is 40.8. The summed E-state index contributed by atoms with van der Waals surface area (Å²) in [6, 6.07) is 17.7. The lowest BCUT2D eigenvalue weighted by Gasteiger charge is -2.28. The number of likely N-dealkylation sites (N-methyl/N-ethyl adjacent to an activating group) is 1. The number of halogens is 3. The number of alkyl halides is 3. The molecule has 0 bridgehead atoms. The largest absolute Gasteiger partial charge is 0.393 e. The topological polar surface area (TPSA) is 79.1 Å². The van der Waals surface area contributed by atoms with Gasteiger partial charge in [-0.15, -0.1) is 11.3 Å². The van der Waals surface area contributed by atoms with E-state index in [0.717, 1.165) is 33.6 Å². The van der Waals surface area contributed by atoms with Gasteiger partial charge in [-0.05, 0) is 48.7 Å². The van der Waals surface area contributed by atoms with E-state index in [1.807, 2.05) is 42.5 Å². The molecule has 2 N–H and O–H groups in total. The van der Waals surface area contributed by atoms with Crippen molar-refractivity contribution in [2.45, 2.75) is 50.2 Å². The summed E-state index contributed by atoms with van der Waals surface area (Å²) in [5.74, 6) is 0.539. The van der Waals surface area contributed by atoms with E-state index in [9.17, 15) is 18.3 Å². The number of rotatable bonds is 7. The van der Waals surface area contributed by atoms with E-state index >= 15 is 0 Å². The predicted molar refractivity (Wildman–Crippen MR) is 146 cm³/mol. The van der Waals surface area contributed by atoms with E-state index in [-0.39, 0.29) is 17.0 Å². The van der Waals surface area contributed by atoms with Crippen LogP contribution in [0.4, 0.5) is 19.0 Å². The maximum atomic E-state index is 12.9. The number of nitrogens with zero attached hydrogens (tertiary/aromatic N) is 5. The summed E-state index contributed by atoms with van der Waals surface area (Å²) in [5.41, 5.74) is 4.17. The van der Waals surface area contributed by atoms with Gasteiger partial charge in [-0.25, -0.2) is 15.0 Å². The lowest BCUT2D eigenvalue weighted by molar-refractivity contribution is -0.126. The summed E-state index contributed by atoms with van der Waals surface area (Å²) in [6.07, 6.45) is -1.41. The molecule has 0 saturated heterocycles. The zero-order chi connectivity index (χ0) is 27.1. The van der Waals surface area contributed by atoms with Gasteiger partial charge in [0.2, 0.25) is 0 Å². The minimum absolute atomic E-state index is 0.0883. The highest BCUT2D eigenvalue weighted by Crippen LogP contribution is 2.36. The van der Waals surface area contributed by atoms with Crippen molar-refractivity contribution in [3.8, 4) is 5.69 Å². The van der Waals surface area contributed by atoms with Gasteiger partial charge in [0, 0.05) is 30.2 Å². The molecule has 3 atom stereocenters. The number of anilines is 1. The first-order valence-electron chi connectivity index (χ1n) is 12.7. The van der Waals surface area contributed by atoms with Crippen LogP contribution in [0.2, 0.25) is 0 Å². The molecule has 0 amide bonds. The van der Waals surface area contributed by atoms with Crippen LogP contribution >= 0.6 is 11.3 Å². The summed E-state index contributed by atoms with van der Waals surface area (Å²) >= 11 is 1.03. The molecule has 1 aliphatic carbocycles. The van der Waals surface area contributed by atoms with Gasteiger partial charge in [-0.3, -0.25) is 4.57 Å². The smallest absolute Gasteiger partial charge is 0.391 e. The Kier molecular flexibility index (Phi) is 6.74. The Balaban J connectivity index is 1.11. The van der Waals surface area contributed by atoms with E-state index in [0.29, 0.717) is 35.4 Å². The molecule has 1 aliphatic rings. The minimum atomic E-state index is -4.28. The number of nitrogens with one attached hydrogen (secondary N) is 1. The second-order valence-electron chi connectivity index (χ2n) is 9.99. The van der Waals surface area contributed by atoms with Gasteiger partial charge in [0.05, 0.1) is 35.0 Å². The summed E-state index contributed by atoms with van der Waals surface area (Å²) in [4.78, 5) is 15.6.